The van der Waals surface area contributed by atoms with Crippen molar-refractivity contribution in [3.05, 3.63) is 88.2 Å². The van der Waals surface area contributed by atoms with Gasteiger partial charge in [0.05, 0.1) is 10.6 Å². The lowest BCUT2D eigenvalue weighted by molar-refractivity contribution is 0.101. The summed E-state index contributed by atoms with van der Waals surface area (Å²) in [7, 11) is -3.99. The molecule has 0 spiro atoms. The number of hydrogen-bond acceptors (Lipinski definition) is 5. The summed E-state index contributed by atoms with van der Waals surface area (Å²) in [4.78, 5) is 28.4. The van der Waals surface area contributed by atoms with Crippen molar-refractivity contribution in [2.24, 2.45) is 0 Å². The zero-order chi connectivity index (χ0) is 21.2. The zero-order valence-corrected chi connectivity index (χ0v) is 17.2. The van der Waals surface area contributed by atoms with Crippen LogP contribution in [-0.2, 0) is 10.0 Å². The van der Waals surface area contributed by atoms with Crippen molar-refractivity contribution in [3.63, 3.8) is 0 Å². The fraction of sp³-hybridized carbons (Fsp3) is 0.0952. The number of hydrogen-bond donors (Lipinski definition) is 1. The summed E-state index contributed by atoms with van der Waals surface area (Å²) in [6, 6.07) is 13.2. The van der Waals surface area contributed by atoms with Gasteiger partial charge in [0.1, 0.15) is 0 Å². The van der Waals surface area contributed by atoms with Crippen molar-refractivity contribution in [1.29, 1.82) is 0 Å². The Morgan fingerprint density at radius 2 is 1.62 bits per heavy atom. The van der Waals surface area contributed by atoms with Crippen LogP contribution in [-0.4, -0.2) is 25.0 Å². The molecule has 1 aromatic heterocycles. The van der Waals surface area contributed by atoms with Crippen molar-refractivity contribution in [3.8, 4) is 0 Å². The first-order chi connectivity index (χ1) is 13.7. The lowest BCUT2D eigenvalue weighted by Gasteiger charge is -2.13. The van der Waals surface area contributed by atoms with Crippen molar-refractivity contribution < 1.29 is 18.0 Å². The molecule has 0 aliphatic rings. The smallest absolute Gasteiger partial charge is 0.261 e. The molecule has 148 valence electrons. The number of aromatic nitrogens is 1. The third-order valence-corrected chi connectivity index (χ3v) is 5.83. The predicted molar refractivity (Wildman–Crippen MR) is 111 cm³/mol. The number of carbonyl (C=O) groups is 2. The number of nitrogens with one attached hydrogen (secondary N) is 1. The van der Waals surface area contributed by atoms with Crippen molar-refractivity contribution in [2.75, 3.05) is 4.72 Å². The number of pyridine rings is 1. The highest BCUT2D eigenvalue weighted by Crippen LogP contribution is 2.26. The number of carbonyl (C=O) groups excluding carboxylic acids is 2. The summed E-state index contributed by atoms with van der Waals surface area (Å²) in [5, 5.41) is 0.294. The molecule has 2 aromatic carbocycles. The minimum atomic E-state index is -3.99. The van der Waals surface area contributed by atoms with Gasteiger partial charge in [0.25, 0.3) is 10.0 Å². The van der Waals surface area contributed by atoms with Crippen molar-refractivity contribution >= 4 is 38.9 Å². The molecule has 0 radical (unpaired) electrons. The second-order valence-electron chi connectivity index (χ2n) is 6.39. The summed E-state index contributed by atoms with van der Waals surface area (Å²) in [6.45, 7) is 3.19. The average Bonchev–Trinajstić information content (AvgIpc) is 2.69. The lowest BCUT2D eigenvalue weighted by atomic mass is 10.0. The van der Waals surface area contributed by atoms with Crippen LogP contribution in [0.1, 0.15) is 38.9 Å². The Morgan fingerprint density at radius 1 is 0.966 bits per heavy atom. The molecule has 0 bridgehead atoms. The summed E-state index contributed by atoms with van der Waals surface area (Å²) in [5.41, 5.74) is 1.66. The van der Waals surface area contributed by atoms with Gasteiger partial charge >= 0.3 is 0 Å². The topological polar surface area (TPSA) is 93.2 Å². The Hall–Kier alpha value is -3.03. The number of benzene rings is 2. The third kappa shape index (κ3) is 4.70. The van der Waals surface area contributed by atoms with E-state index < -0.39 is 15.8 Å². The van der Waals surface area contributed by atoms with Gasteiger partial charge in [-0.25, -0.2) is 8.42 Å². The molecule has 0 saturated heterocycles. The number of ketones is 2. The maximum atomic E-state index is 12.9. The van der Waals surface area contributed by atoms with E-state index in [1.807, 2.05) is 0 Å². The number of nitrogens with zero attached hydrogens (tertiary/aromatic N) is 1. The van der Waals surface area contributed by atoms with Gasteiger partial charge in [0, 0.05) is 33.6 Å². The first-order valence-corrected chi connectivity index (χ1v) is 10.4. The maximum Gasteiger partial charge on any atom is 0.261 e. The van der Waals surface area contributed by atoms with Gasteiger partial charge in [0.2, 0.25) is 0 Å². The summed E-state index contributed by atoms with van der Waals surface area (Å²) in [5.74, 6) is -0.580. The van der Waals surface area contributed by atoms with Crippen LogP contribution in [0.2, 0.25) is 5.02 Å². The van der Waals surface area contributed by atoms with Crippen LogP contribution < -0.4 is 4.72 Å². The summed E-state index contributed by atoms with van der Waals surface area (Å²) in [6.07, 6.45) is 1.43. The highest BCUT2D eigenvalue weighted by atomic mass is 35.5. The maximum absolute atomic E-state index is 12.9. The number of anilines is 1. The van der Waals surface area contributed by atoms with Crippen LogP contribution in [0.5, 0.6) is 0 Å². The number of aryl methyl sites for hydroxylation is 1. The molecule has 0 atom stereocenters. The molecule has 8 heteroatoms. The summed E-state index contributed by atoms with van der Waals surface area (Å²) >= 11 is 6.03. The Kier molecular flexibility index (Phi) is 5.81. The van der Waals surface area contributed by atoms with Crippen molar-refractivity contribution in [1.82, 2.24) is 4.98 Å². The van der Waals surface area contributed by atoms with Gasteiger partial charge in [0.15, 0.2) is 11.6 Å². The molecule has 0 unspecified atom stereocenters. The van der Waals surface area contributed by atoms with Gasteiger partial charge in [-0.15, -0.1) is 0 Å². The zero-order valence-electron chi connectivity index (χ0n) is 15.6. The van der Waals surface area contributed by atoms with Gasteiger partial charge in [-0.2, -0.15) is 0 Å². The first-order valence-electron chi connectivity index (χ1n) is 8.58. The fourth-order valence-electron chi connectivity index (χ4n) is 2.62. The molecule has 0 aliphatic heterocycles. The third-order valence-electron chi connectivity index (χ3n) is 4.22. The molecular weight excluding hydrogens is 412 g/mol. The largest absolute Gasteiger partial charge is 0.295 e. The second-order valence-corrected chi connectivity index (χ2v) is 8.51. The number of Topliss-reactive ketones (excluding diaryl/α,β-unsaturated/α-hetero) is 1. The molecule has 6 nitrogen and oxygen atoms in total. The molecule has 3 rings (SSSR count). The number of rotatable bonds is 6. The molecule has 0 amide bonds. The molecule has 3 aromatic rings. The van der Waals surface area contributed by atoms with E-state index in [9.17, 15) is 18.0 Å². The van der Waals surface area contributed by atoms with Crippen LogP contribution in [0.25, 0.3) is 0 Å². The SMILES string of the molecule is CC(=O)c1ccc(S(=O)(=O)Nc2ccc(Cl)cc2C(=O)c2ccc(C)nc2)cc1. The van der Waals surface area contributed by atoms with E-state index in [0.717, 1.165) is 5.69 Å². The van der Waals surface area contributed by atoms with Crippen LogP contribution in [0.3, 0.4) is 0 Å². The van der Waals surface area contributed by atoms with E-state index in [0.29, 0.717) is 16.1 Å². The van der Waals surface area contributed by atoms with E-state index in [-0.39, 0.29) is 21.9 Å². The van der Waals surface area contributed by atoms with Gasteiger partial charge < -0.3 is 0 Å². The minimum Gasteiger partial charge on any atom is -0.295 e. The standard InChI is InChI=1S/C21H17ClN2O4S/c1-13-3-4-16(12-23-13)21(26)19-11-17(22)7-10-20(19)24-29(27,28)18-8-5-15(6-9-18)14(2)25/h3-12,24H,1-2H3. The molecule has 0 aliphatic carbocycles. The van der Waals surface area contributed by atoms with E-state index in [4.69, 9.17) is 11.6 Å². The van der Waals surface area contributed by atoms with E-state index in [2.05, 4.69) is 9.71 Å². The molecule has 1 N–H and O–H groups in total. The van der Waals surface area contributed by atoms with E-state index >= 15 is 0 Å². The number of sulfonamides is 1. The quantitative estimate of drug-likeness (QED) is 0.591. The highest BCUT2D eigenvalue weighted by molar-refractivity contribution is 7.92. The number of halogens is 1. The fourth-order valence-corrected chi connectivity index (χ4v) is 3.88. The van der Waals surface area contributed by atoms with Gasteiger partial charge in [-0.3, -0.25) is 19.3 Å². The molecule has 29 heavy (non-hydrogen) atoms. The Balaban J connectivity index is 1.97. The minimum absolute atomic E-state index is 0.0344. The Morgan fingerprint density at radius 3 is 2.21 bits per heavy atom. The Labute approximate surface area is 173 Å². The van der Waals surface area contributed by atoms with E-state index in [1.54, 1.807) is 19.1 Å². The Bertz CT molecular complexity index is 1190. The van der Waals surface area contributed by atoms with Crippen LogP contribution in [0.4, 0.5) is 5.69 Å². The monoisotopic (exact) mass is 428 g/mol. The van der Waals surface area contributed by atoms with E-state index in [1.165, 1.54) is 55.6 Å². The van der Waals surface area contributed by atoms with Gasteiger partial charge in [-0.05, 0) is 56.3 Å². The predicted octanol–water partition coefficient (Wildman–Crippen LogP) is 4.28. The average molecular weight is 429 g/mol. The van der Waals surface area contributed by atoms with Crippen LogP contribution in [0, 0.1) is 6.92 Å². The normalized spacial score (nSPS) is 11.1. The van der Waals surface area contributed by atoms with Crippen LogP contribution >= 0.6 is 11.6 Å². The second kappa shape index (κ2) is 8.14. The molecular formula is C21H17ClN2O4S. The molecule has 0 fully saturated rings. The van der Waals surface area contributed by atoms with Crippen molar-refractivity contribution in [2.45, 2.75) is 18.7 Å². The highest BCUT2D eigenvalue weighted by Gasteiger charge is 2.20. The first kappa shape index (κ1) is 20.7. The lowest BCUT2D eigenvalue weighted by Crippen LogP contribution is -2.16. The summed E-state index contributed by atoms with van der Waals surface area (Å²) < 4.78 is 28.0. The molecule has 1 heterocycles. The molecule has 0 saturated carbocycles. The van der Waals surface area contributed by atoms with Gasteiger partial charge in [-0.1, -0.05) is 23.7 Å². The van der Waals surface area contributed by atoms with Crippen LogP contribution in [0.15, 0.2) is 65.7 Å².